The highest BCUT2D eigenvalue weighted by Gasteiger charge is 2.22. The molecule has 0 aliphatic heterocycles. The Morgan fingerprint density at radius 2 is 2.10 bits per heavy atom. The second kappa shape index (κ2) is 5.92. The van der Waals surface area contributed by atoms with Crippen molar-refractivity contribution in [3.8, 4) is 5.88 Å². The zero-order chi connectivity index (χ0) is 15.6. The van der Waals surface area contributed by atoms with Gasteiger partial charge in [-0.2, -0.15) is 0 Å². The highest BCUT2D eigenvalue weighted by atomic mass is 32.1. The Bertz CT molecular complexity index is 709. The van der Waals surface area contributed by atoms with Crippen LogP contribution < -0.4 is 10.1 Å². The van der Waals surface area contributed by atoms with Crippen molar-refractivity contribution >= 4 is 28.2 Å². The summed E-state index contributed by atoms with van der Waals surface area (Å²) in [5.74, 6) is -1.33. The van der Waals surface area contributed by atoms with Crippen LogP contribution in [0.2, 0.25) is 0 Å². The topological polar surface area (TPSA) is 88.5 Å². The molecule has 0 aromatic carbocycles. The number of thiophene rings is 1. The zero-order valence-corrected chi connectivity index (χ0v) is 12.6. The van der Waals surface area contributed by atoms with Crippen LogP contribution in [0, 0.1) is 13.8 Å². The van der Waals surface area contributed by atoms with Gasteiger partial charge in [-0.3, -0.25) is 4.79 Å². The normalized spacial score (nSPS) is 10.2. The highest BCUT2D eigenvalue weighted by molar-refractivity contribution is 7.16. The van der Waals surface area contributed by atoms with E-state index in [1.165, 1.54) is 24.6 Å². The van der Waals surface area contributed by atoms with Crippen molar-refractivity contribution in [1.82, 2.24) is 4.98 Å². The van der Waals surface area contributed by atoms with Gasteiger partial charge in [0.2, 0.25) is 5.88 Å². The maximum Gasteiger partial charge on any atom is 0.338 e. The number of rotatable bonds is 4. The van der Waals surface area contributed by atoms with Crippen LogP contribution in [0.4, 0.5) is 5.00 Å². The van der Waals surface area contributed by atoms with Gasteiger partial charge >= 0.3 is 5.97 Å². The summed E-state index contributed by atoms with van der Waals surface area (Å²) >= 11 is 1.23. The minimum atomic E-state index is -1.06. The van der Waals surface area contributed by atoms with Crippen molar-refractivity contribution in [3.63, 3.8) is 0 Å². The molecule has 21 heavy (non-hydrogen) atoms. The van der Waals surface area contributed by atoms with Crippen molar-refractivity contribution in [2.24, 2.45) is 0 Å². The van der Waals surface area contributed by atoms with E-state index >= 15 is 0 Å². The molecule has 7 heteroatoms. The first-order chi connectivity index (χ1) is 9.95. The number of carboxylic acids is 1. The van der Waals surface area contributed by atoms with Gasteiger partial charge in [0.15, 0.2) is 0 Å². The number of hydrogen-bond acceptors (Lipinski definition) is 5. The van der Waals surface area contributed by atoms with Gasteiger partial charge in [-0.1, -0.05) is 0 Å². The van der Waals surface area contributed by atoms with Crippen molar-refractivity contribution in [1.29, 1.82) is 0 Å². The van der Waals surface area contributed by atoms with E-state index in [0.717, 1.165) is 4.88 Å². The molecule has 2 N–H and O–H groups in total. The van der Waals surface area contributed by atoms with Crippen LogP contribution in [0.1, 0.15) is 31.2 Å². The summed E-state index contributed by atoms with van der Waals surface area (Å²) in [6, 6.07) is 3.18. The largest absolute Gasteiger partial charge is 0.480 e. The molecule has 0 bridgehead atoms. The first-order valence-corrected chi connectivity index (χ1v) is 6.91. The molecule has 0 unspecified atom stereocenters. The molecule has 0 aliphatic rings. The van der Waals surface area contributed by atoms with E-state index in [9.17, 15) is 14.7 Å². The fraction of sp³-hybridized carbons (Fsp3) is 0.214. The van der Waals surface area contributed by atoms with Crippen LogP contribution in [-0.4, -0.2) is 29.1 Å². The average molecular weight is 306 g/mol. The maximum atomic E-state index is 12.3. The molecular weight excluding hydrogens is 292 g/mol. The molecule has 1 amide bonds. The molecule has 0 spiro atoms. The Kier molecular flexibility index (Phi) is 4.23. The summed E-state index contributed by atoms with van der Waals surface area (Å²) in [6.07, 6.45) is 1.51. The fourth-order valence-electron chi connectivity index (χ4n) is 1.87. The first-order valence-electron chi connectivity index (χ1n) is 6.09. The molecule has 0 radical (unpaired) electrons. The van der Waals surface area contributed by atoms with Gasteiger partial charge in [0.05, 0.1) is 12.7 Å². The van der Waals surface area contributed by atoms with E-state index < -0.39 is 11.9 Å². The number of methoxy groups -OCH3 is 1. The van der Waals surface area contributed by atoms with Gasteiger partial charge in [0.25, 0.3) is 5.91 Å². The summed E-state index contributed by atoms with van der Waals surface area (Å²) in [5.41, 5.74) is 1.02. The molecule has 2 heterocycles. The second-order valence-electron chi connectivity index (χ2n) is 4.31. The lowest BCUT2D eigenvalue weighted by atomic mass is 10.1. The van der Waals surface area contributed by atoms with Crippen LogP contribution in [0.3, 0.4) is 0 Å². The van der Waals surface area contributed by atoms with Crippen LogP contribution in [-0.2, 0) is 0 Å². The number of aryl methyl sites for hydroxylation is 1. The Morgan fingerprint density at radius 1 is 1.38 bits per heavy atom. The highest BCUT2D eigenvalue weighted by Crippen LogP contribution is 2.33. The number of nitrogens with zero attached hydrogens (tertiary/aromatic N) is 1. The maximum absolute atomic E-state index is 12.3. The summed E-state index contributed by atoms with van der Waals surface area (Å²) in [5, 5.41) is 12.2. The predicted octanol–water partition coefficient (Wildman–Crippen LogP) is 2.72. The molecule has 0 atom stereocenters. The minimum Gasteiger partial charge on any atom is -0.480 e. The van der Waals surface area contributed by atoms with Crippen molar-refractivity contribution in [2.75, 3.05) is 12.4 Å². The summed E-state index contributed by atoms with van der Waals surface area (Å²) in [6.45, 7) is 3.53. The molecule has 2 aromatic rings. The van der Waals surface area contributed by atoms with Crippen molar-refractivity contribution in [3.05, 3.63) is 39.9 Å². The number of amides is 1. The quantitative estimate of drug-likeness (QED) is 0.906. The van der Waals surface area contributed by atoms with E-state index in [2.05, 4.69) is 10.3 Å². The number of carbonyl (C=O) groups is 2. The summed E-state index contributed by atoms with van der Waals surface area (Å²) in [7, 11) is 1.42. The van der Waals surface area contributed by atoms with Gasteiger partial charge in [-0.25, -0.2) is 9.78 Å². The van der Waals surface area contributed by atoms with Gasteiger partial charge in [-0.15, -0.1) is 11.3 Å². The van der Waals surface area contributed by atoms with Crippen LogP contribution in [0.15, 0.2) is 18.3 Å². The Morgan fingerprint density at radius 3 is 2.71 bits per heavy atom. The molecular formula is C14H14N2O4S. The third-order valence-corrected chi connectivity index (χ3v) is 4.16. The lowest BCUT2D eigenvalue weighted by molar-refractivity contribution is 0.0697. The fourth-order valence-corrected chi connectivity index (χ4v) is 2.92. The monoisotopic (exact) mass is 306 g/mol. The second-order valence-corrected chi connectivity index (χ2v) is 5.53. The van der Waals surface area contributed by atoms with Gasteiger partial charge in [0.1, 0.15) is 10.6 Å². The number of carbonyl (C=O) groups excluding carboxylic acids is 1. The summed E-state index contributed by atoms with van der Waals surface area (Å²) < 4.78 is 5.03. The third-order valence-electron chi connectivity index (χ3n) is 3.04. The zero-order valence-electron chi connectivity index (χ0n) is 11.8. The third kappa shape index (κ3) is 2.87. The molecule has 6 nitrogen and oxygen atoms in total. The summed E-state index contributed by atoms with van der Waals surface area (Å²) in [4.78, 5) is 28.4. The molecule has 0 aliphatic carbocycles. The van der Waals surface area contributed by atoms with Crippen LogP contribution >= 0.6 is 11.3 Å². The van der Waals surface area contributed by atoms with Crippen molar-refractivity contribution in [2.45, 2.75) is 13.8 Å². The standard InChI is InChI=1S/C14H14N2O4S/c1-7-8(2)21-13(10(7)14(18)19)16-11(17)9-5-4-6-15-12(9)20-3/h4-6H,1-3H3,(H,16,17)(H,18,19). The lowest BCUT2D eigenvalue weighted by Crippen LogP contribution is -2.15. The Balaban J connectivity index is 2.36. The van der Waals surface area contributed by atoms with Gasteiger partial charge in [0, 0.05) is 11.1 Å². The molecule has 0 fully saturated rings. The predicted molar refractivity (Wildman–Crippen MR) is 79.5 cm³/mol. The lowest BCUT2D eigenvalue weighted by Gasteiger charge is -2.07. The number of ether oxygens (including phenoxy) is 1. The van der Waals surface area contributed by atoms with E-state index in [0.29, 0.717) is 10.6 Å². The number of aromatic nitrogens is 1. The van der Waals surface area contributed by atoms with Crippen molar-refractivity contribution < 1.29 is 19.4 Å². The van der Waals surface area contributed by atoms with Crippen LogP contribution in [0.5, 0.6) is 5.88 Å². The molecule has 2 aromatic heterocycles. The minimum absolute atomic E-state index is 0.119. The molecule has 0 saturated carbocycles. The number of carboxylic acid groups (broad SMARTS) is 1. The number of aromatic carboxylic acids is 1. The number of pyridine rings is 1. The van der Waals surface area contributed by atoms with E-state index in [1.54, 1.807) is 19.1 Å². The Hall–Kier alpha value is -2.41. The Labute approximate surface area is 125 Å². The molecule has 0 saturated heterocycles. The van der Waals surface area contributed by atoms with E-state index in [1.807, 2.05) is 6.92 Å². The number of hydrogen-bond donors (Lipinski definition) is 2. The van der Waals surface area contributed by atoms with Gasteiger partial charge in [-0.05, 0) is 31.5 Å². The molecule has 2 rings (SSSR count). The van der Waals surface area contributed by atoms with Gasteiger partial charge < -0.3 is 15.2 Å². The van der Waals surface area contributed by atoms with E-state index in [4.69, 9.17) is 4.74 Å². The van der Waals surface area contributed by atoms with Crippen LogP contribution in [0.25, 0.3) is 0 Å². The average Bonchev–Trinajstić information content (AvgIpc) is 2.73. The van der Waals surface area contributed by atoms with E-state index in [-0.39, 0.29) is 17.0 Å². The number of anilines is 1. The first kappa shape index (κ1) is 15.0. The molecule has 110 valence electrons. The number of nitrogens with one attached hydrogen (secondary N) is 1. The SMILES string of the molecule is COc1ncccc1C(=O)Nc1sc(C)c(C)c1C(=O)O. The smallest absolute Gasteiger partial charge is 0.338 e.